The molecule has 0 saturated carbocycles. The third-order valence-corrected chi connectivity index (χ3v) is 7.77. The molecule has 0 aliphatic carbocycles. The smallest absolute Gasteiger partial charge is 0.244 e. The number of nitrogens with one attached hydrogen (secondary N) is 1. The molecule has 0 radical (unpaired) electrons. The van der Waals surface area contributed by atoms with Crippen LogP contribution in [0.3, 0.4) is 0 Å². The van der Waals surface area contributed by atoms with Gasteiger partial charge < -0.3 is 10.2 Å². The van der Waals surface area contributed by atoms with Gasteiger partial charge in [0.05, 0.1) is 11.9 Å². The molecule has 0 aliphatic rings. The molecule has 3 rings (SSSR count). The first-order valence-electron chi connectivity index (χ1n) is 12.4. The highest BCUT2D eigenvalue weighted by molar-refractivity contribution is 7.92. The third kappa shape index (κ3) is 8.39. The maximum absolute atomic E-state index is 14.0. The van der Waals surface area contributed by atoms with Crippen LogP contribution in [0.15, 0.2) is 66.7 Å². The Morgan fingerprint density at radius 3 is 2.27 bits per heavy atom. The van der Waals surface area contributed by atoms with Gasteiger partial charge in [-0.05, 0) is 41.8 Å². The normalized spacial score (nSPS) is 12.1. The number of anilines is 1. The molecule has 7 nitrogen and oxygen atoms in total. The van der Waals surface area contributed by atoms with E-state index in [4.69, 9.17) is 23.2 Å². The Hall–Kier alpha value is -3.21. The monoisotopic (exact) mass is 611 g/mol. The lowest BCUT2D eigenvalue weighted by atomic mass is 10.0. The summed E-state index contributed by atoms with van der Waals surface area (Å²) >= 11 is 12.5. The molecule has 0 heterocycles. The second-order valence-electron chi connectivity index (χ2n) is 9.12. The Kier molecular flexibility index (Phi) is 10.9. The zero-order valence-corrected chi connectivity index (χ0v) is 24.2. The SMILES string of the molecule is CCCNC(=O)[C@@H](Cc1ccccc1)N(Cc1ccc(Cl)cc1Cl)C(=O)CN(c1ccc(F)c(F)c1)S(C)(=O)=O. The van der Waals surface area contributed by atoms with Crippen molar-refractivity contribution in [2.45, 2.75) is 32.4 Å². The molecule has 0 aliphatic heterocycles. The standard InChI is InChI=1S/C28H29Cl2F2N3O4S/c1-3-13-33-28(37)26(14-19-7-5-4-6-8-19)34(17-20-9-10-21(29)15-23(20)30)27(36)18-35(40(2,38)39)22-11-12-24(31)25(32)16-22/h4-12,15-16,26H,3,13-14,17-18H2,1-2H3,(H,33,37)/t26-/m1/s1. The molecule has 0 saturated heterocycles. The molecule has 3 aromatic carbocycles. The van der Waals surface area contributed by atoms with Crippen molar-refractivity contribution in [2.75, 3.05) is 23.7 Å². The van der Waals surface area contributed by atoms with Crippen LogP contribution >= 0.6 is 23.2 Å². The first kappa shape index (κ1) is 31.3. The van der Waals surface area contributed by atoms with Crippen molar-refractivity contribution in [1.29, 1.82) is 0 Å². The zero-order chi connectivity index (χ0) is 29.4. The molecule has 0 bridgehead atoms. The van der Waals surface area contributed by atoms with Crippen LogP contribution in [0.5, 0.6) is 0 Å². The van der Waals surface area contributed by atoms with Crippen LogP contribution < -0.4 is 9.62 Å². The maximum atomic E-state index is 14.0. The van der Waals surface area contributed by atoms with E-state index in [2.05, 4.69) is 5.32 Å². The number of hydrogen-bond acceptors (Lipinski definition) is 4. The summed E-state index contributed by atoms with van der Waals surface area (Å²) in [5, 5.41) is 3.44. The molecular formula is C28H29Cl2F2N3O4S. The van der Waals surface area contributed by atoms with Crippen molar-refractivity contribution in [3.05, 3.63) is 99.5 Å². The predicted molar refractivity (Wildman–Crippen MR) is 153 cm³/mol. The van der Waals surface area contributed by atoms with Crippen molar-refractivity contribution in [2.24, 2.45) is 0 Å². The summed E-state index contributed by atoms with van der Waals surface area (Å²) in [7, 11) is -4.13. The van der Waals surface area contributed by atoms with E-state index in [1.165, 1.54) is 11.0 Å². The molecule has 40 heavy (non-hydrogen) atoms. The van der Waals surface area contributed by atoms with E-state index in [0.29, 0.717) is 33.9 Å². The largest absolute Gasteiger partial charge is 0.354 e. The third-order valence-electron chi connectivity index (χ3n) is 6.05. The van der Waals surface area contributed by atoms with Gasteiger partial charge in [-0.15, -0.1) is 0 Å². The summed E-state index contributed by atoms with van der Waals surface area (Å²) in [6.07, 6.45) is 1.62. The summed E-state index contributed by atoms with van der Waals surface area (Å²) in [6.45, 7) is 1.32. The first-order chi connectivity index (χ1) is 18.9. The Labute approximate surface area is 242 Å². The summed E-state index contributed by atoms with van der Waals surface area (Å²) < 4.78 is 53.6. The Morgan fingerprint density at radius 1 is 0.975 bits per heavy atom. The minimum Gasteiger partial charge on any atom is -0.354 e. The van der Waals surface area contributed by atoms with Crippen molar-refractivity contribution in [1.82, 2.24) is 10.2 Å². The molecule has 1 N–H and O–H groups in total. The fourth-order valence-corrected chi connectivity index (χ4v) is 5.32. The fourth-order valence-electron chi connectivity index (χ4n) is 4.01. The maximum Gasteiger partial charge on any atom is 0.244 e. The minimum atomic E-state index is -4.13. The van der Waals surface area contributed by atoms with Gasteiger partial charge in [0.2, 0.25) is 21.8 Å². The Balaban J connectivity index is 2.08. The van der Waals surface area contributed by atoms with Crippen LogP contribution in [-0.2, 0) is 32.6 Å². The van der Waals surface area contributed by atoms with E-state index in [1.807, 2.05) is 25.1 Å². The van der Waals surface area contributed by atoms with Gasteiger partial charge >= 0.3 is 0 Å². The van der Waals surface area contributed by atoms with Crippen LogP contribution in [0.4, 0.5) is 14.5 Å². The summed E-state index contributed by atoms with van der Waals surface area (Å²) in [5.74, 6) is -3.64. The van der Waals surface area contributed by atoms with Gasteiger partial charge in [0.25, 0.3) is 0 Å². The van der Waals surface area contributed by atoms with E-state index in [0.717, 1.165) is 24.0 Å². The molecule has 1 atom stereocenters. The quantitative estimate of drug-likeness (QED) is 0.305. The van der Waals surface area contributed by atoms with E-state index >= 15 is 0 Å². The van der Waals surface area contributed by atoms with Gasteiger partial charge in [0, 0.05) is 35.6 Å². The molecule has 0 fully saturated rings. The average molecular weight is 613 g/mol. The molecule has 12 heteroatoms. The van der Waals surface area contributed by atoms with Gasteiger partial charge in [-0.1, -0.05) is 66.5 Å². The number of rotatable bonds is 12. The van der Waals surface area contributed by atoms with Crippen molar-refractivity contribution in [3.63, 3.8) is 0 Å². The Morgan fingerprint density at radius 2 is 1.68 bits per heavy atom. The summed E-state index contributed by atoms with van der Waals surface area (Å²) in [5.41, 5.74) is 0.994. The lowest BCUT2D eigenvalue weighted by Gasteiger charge is -2.33. The topological polar surface area (TPSA) is 86.8 Å². The van der Waals surface area contributed by atoms with Crippen LogP contribution in [0, 0.1) is 11.6 Å². The second kappa shape index (κ2) is 13.9. The molecule has 0 aromatic heterocycles. The van der Waals surface area contributed by atoms with Crippen molar-refractivity contribution >= 4 is 50.7 Å². The molecule has 3 aromatic rings. The molecule has 0 unspecified atom stereocenters. The first-order valence-corrected chi connectivity index (χ1v) is 15.0. The molecular weight excluding hydrogens is 583 g/mol. The summed E-state index contributed by atoms with van der Waals surface area (Å²) in [4.78, 5) is 28.6. The van der Waals surface area contributed by atoms with Gasteiger partial charge in [0.15, 0.2) is 11.6 Å². The van der Waals surface area contributed by atoms with E-state index in [1.54, 1.807) is 24.3 Å². The molecule has 214 valence electrons. The van der Waals surface area contributed by atoms with Crippen LogP contribution in [-0.4, -0.2) is 50.5 Å². The number of benzene rings is 3. The van der Waals surface area contributed by atoms with Gasteiger partial charge in [0.1, 0.15) is 12.6 Å². The highest BCUT2D eigenvalue weighted by Gasteiger charge is 2.33. The highest BCUT2D eigenvalue weighted by Crippen LogP contribution is 2.26. The zero-order valence-electron chi connectivity index (χ0n) is 21.9. The van der Waals surface area contributed by atoms with Crippen molar-refractivity contribution in [3.8, 4) is 0 Å². The number of sulfonamides is 1. The highest BCUT2D eigenvalue weighted by atomic mass is 35.5. The predicted octanol–water partition coefficient (Wildman–Crippen LogP) is 5.20. The lowest BCUT2D eigenvalue weighted by Crippen LogP contribution is -2.53. The summed E-state index contributed by atoms with van der Waals surface area (Å²) in [6, 6.07) is 15.2. The van der Waals surface area contributed by atoms with Crippen molar-refractivity contribution < 1.29 is 26.8 Å². The second-order valence-corrected chi connectivity index (χ2v) is 11.9. The number of amides is 2. The average Bonchev–Trinajstić information content (AvgIpc) is 2.90. The Bertz CT molecular complexity index is 1460. The number of carbonyl (C=O) groups excluding carboxylic acids is 2. The van der Waals surface area contributed by atoms with E-state index in [-0.39, 0.29) is 23.7 Å². The number of carbonyl (C=O) groups is 2. The van der Waals surface area contributed by atoms with E-state index < -0.39 is 46.1 Å². The fraction of sp³-hybridized carbons (Fsp3) is 0.286. The van der Waals surface area contributed by atoms with Crippen LogP contribution in [0.1, 0.15) is 24.5 Å². The molecule has 0 spiro atoms. The number of hydrogen-bond donors (Lipinski definition) is 1. The van der Waals surface area contributed by atoms with Crippen LogP contribution in [0.25, 0.3) is 0 Å². The van der Waals surface area contributed by atoms with Gasteiger partial charge in [-0.3, -0.25) is 13.9 Å². The number of nitrogens with zero attached hydrogens (tertiary/aromatic N) is 2. The number of halogens is 4. The van der Waals surface area contributed by atoms with Gasteiger partial charge in [-0.25, -0.2) is 17.2 Å². The minimum absolute atomic E-state index is 0.122. The van der Waals surface area contributed by atoms with Crippen LogP contribution in [0.2, 0.25) is 10.0 Å². The van der Waals surface area contributed by atoms with Gasteiger partial charge in [-0.2, -0.15) is 0 Å². The lowest BCUT2D eigenvalue weighted by molar-refractivity contribution is -0.140. The van der Waals surface area contributed by atoms with E-state index in [9.17, 15) is 26.8 Å². The molecule has 2 amide bonds.